The summed E-state index contributed by atoms with van der Waals surface area (Å²) in [5.74, 6) is -0.0240. The van der Waals surface area contributed by atoms with Crippen LogP contribution in [-0.4, -0.2) is 24.3 Å². The van der Waals surface area contributed by atoms with Crippen molar-refractivity contribution in [1.82, 2.24) is 0 Å². The highest BCUT2D eigenvalue weighted by Crippen LogP contribution is 2.30. The van der Waals surface area contributed by atoms with Gasteiger partial charge in [-0.25, -0.2) is 4.39 Å². The predicted molar refractivity (Wildman–Crippen MR) is 63.1 cm³/mol. The zero-order valence-corrected chi connectivity index (χ0v) is 9.73. The Morgan fingerprint density at radius 3 is 2.94 bits per heavy atom. The molecule has 1 aliphatic rings. The van der Waals surface area contributed by atoms with Crippen molar-refractivity contribution in [2.45, 2.75) is 19.4 Å². The van der Waals surface area contributed by atoms with Gasteiger partial charge in [0.25, 0.3) is 0 Å². The van der Waals surface area contributed by atoms with E-state index in [0.717, 1.165) is 13.0 Å². The molecule has 3 nitrogen and oxygen atoms in total. The average Bonchev–Trinajstić information content (AvgIpc) is 2.69. The topological polar surface area (TPSA) is 47.3 Å². The fourth-order valence-electron chi connectivity index (χ4n) is 2.41. The molecule has 17 heavy (non-hydrogen) atoms. The summed E-state index contributed by atoms with van der Waals surface area (Å²) >= 11 is 0. The second-order valence-electron chi connectivity index (χ2n) is 4.52. The Balaban J connectivity index is 2.34. The van der Waals surface area contributed by atoms with Gasteiger partial charge >= 0.3 is 0 Å². The van der Waals surface area contributed by atoms with Gasteiger partial charge in [-0.1, -0.05) is 6.92 Å². The number of anilines is 1. The van der Waals surface area contributed by atoms with Crippen molar-refractivity contribution in [3.63, 3.8) is 0 Å². The first-order valence-corrected chi connectivity index (χ1v) is 5.74. The third-order valence-corrected chi connectivity index (χ3v) is 3.41. The Morgan fingerprint density at radius 1 is 1.53 bits per heavy atom. The number of benzene rings is 1. The van der Waals surface area contributed by atoms with Gasteiger partial charge in [-0.15, -0.1) is 0 Å². The molecule has 1 N–H and O–H groups in total. The molecule has 0 aliphatic carbocycles. The summed E-state index contributed by atoms with van der Waals surface area (Å²) < 4.78 is 13.4. The molecule has 0 saturated carbocycles. The van der Waals surface area contributed by atoms with Gasteiger partial charge in [0.1, 0.15) is 5.82 Å². The standard InChI is InChI=1S/C13H15FN2O/c1-9-2-3-16(13(9)8-17)12-5-10(7-15)4-11(14)6-12/h4-6,9,13,17H,2-3,8H2,1H3. The average molecular weight is 234 g/mol. The largest absolute Gasteiger partial charge is 0.394 e. The van der Waals surface area contributed by atoms with Crippen LogP contribution in [0.3, 0.4) is 0 Å². The van der Waals surface area contributed by atoms with Crippen LogP contribution >= 0.6 is 0 Å². The van der Waals surface area contributed by atoms with Gasteiger partial charge in [-0.2, -0.15) is 5.26 Å². The molecule has 1 aliphatic heterocycles. The Hall–Kier alpha value is -1.60. The molecule has 1 saturated heterocycles. The highest BCUT2D eigenvalue weighted by atomic mass is 19.1. The van der Waals surface area contributed by atoms with Gasteiger partial charge in [0.15, 0.2) is 0 Å². The minimum absolute atomic E-state index is 0.0170. The fourth-order valence-corrected chi connectivity index (χ4v) is 2.41. The SMILES string of the molecule is CC1CCN(c2cc(F)cc(C#N)c2)C1CO. The number of hydrogen-bond acceptors (Lipinski definition) is 3. The molecular weight excluding hydrogens is 219 g/mol. The summed E-state index contributed by atoms with van der Waals surface area (Å²) in [5, 5.41) is 18.2. The molecule has 0 radical (unpaired) electrons. The second-order valence-corrected chi connectivity index (χ2v) is 4.52. The lowest BCUT2D eigenvalue weighted by molar-refractivity contribution is 0.244. The number of aliphatic hydroxyl groups excluding tert-OH is 1. The van der Waals surface area contributed by atoms with E-state index in [1.807, 2.05) is 11.0 Å². The molecule has 1 heterocycles. The molecule has 1 fully saturated rings. The van der Waals surface area contributed by atoms with Crippen molar-refractivity contribution in [2.75, 3.05) is 18.1 Å². The van der Waals surface area contributed by atoms with E-state index < -0.39 is 5.82 Å². The van der Waals surface area contributed by atoms with Crippen LogP contribution < -0.4 is 4.90 Å². The minimum atomic E-state index is -0.407. The van der Waals surface area contributed by atoms with E-state index in [1.54, 1.807) is 6.07 Å². The maximum Gasteiger partial charge on any atom is 0.126 e. The van der Waals surface area contributed by atoms with Crippen LogP contribution in [0.15, 0.2) is 18.2 Å². The first-order chi connectivity index (χ1) is 8.15. The molecule has 4 heteroatoms. The lowest BCUT2D eigenvalue weighted by Crippen LogP contribution is -2.35. The van der Waals surface area contributed by atoms with E-state index in [-0.39, 0.29) is 12.6 Å². The van der Waals surface area contributed by atoms with Gasteiger partial charge in [0.05, 0.1) is 24.3 Å². The van der Waals surface area contributed by atoms with Gasteiger partial charge in [0, 0.05) is 12.2 Å². The van der Waals surface area contributed by atoms with E-state index in [1.165, 1.54) is 12.1 Å². The summed E-state index contributed by atoms with van der Waals surface area (Å²) in [6, 6.07) is 6.27. The van der Waals surface area contributed by atoms with Crippen LogP contribution in [0.4, 0.5) is 10.1 Å². The summed E-state index contributed by atoms with van der Waals surface area (Å²) in [7, 11) is 0. The molecule has 1 aromatic rings. The highest BCUT2D eigenvalue weighted by molar-refractivity contribution is 5.53. The Bertz CT molecular complexity index is 455. The maximum atomic E-state index is 13.4. The Labute approximate surface area is 100 Å². The molecule has 2 unspecified atom stereocenters. The van der Waals surface area contributed by atoms with Crippen molar-refractivity contribution in [3.05, 3.63) is 29.6 Å². The first-order valence-electron chi connectivity index (χ1n) is 5.74. The summed E-state index contributed by atoms with van der Waals surface area (Å²) in [6.07, 6.45) is 0.976. The van der Waals surface area contributed by atoms with Gasteiger partial charge in [0.2, 0.25) is 0 Å². The Morgan fingerprint density at radius 2 is 2.29 bits per heavy atom. The van der Waals surface area contributed by atoms with Crippen molar-refractivity contribution in [3.8, 4) is 6.07 Å². The van der Waals surface area contributed by atoms with Crippen LogP contribution in [0.25, 0.3) is 0 Å². The number of hydrogen-bond donors (Lipinski definition) is 1. The first kappa shape index (κ1) is 11.9. The summed E-state index contributed by atoms with van der Waals surface area (Å²) in [6.45, 7) is 2.92. The van der Waals surface area contributed by atoms with Crippen molar-refractivity contribution >= 4 is 5.69 Å². The van der Waals surface area contributed by atoms with Gasteiger partial charge in [-0.3, -0.25) is 0 Å². The van der Waals surface area contributed by atoms with Gasteiger partial charge in [-0.05, 0) is 30.5 Å². The quantitative estimate of drug-likeness (QED) is 0.850. The molecule has 2 atom stereocenters. The predicted octanol–water partition coefficient (Wildman–Crippen LogP) is 1.90. The van der Waals surface area contributed by atoms with Crippen molar-refractivity contribution in [2.24, 2.45) is 5.92 Å². The number of nitriles is 1. The molecule has 0 spiro atoms. The monoisotopic (exact) mass is 234 g/mol. The third-order valence-electron chi connectivity index (χ3n) is 3.41. The third kappa shape index (κ3) is 2.25. The molecule has 1 aromatic carbocycles. The molecule has 90 valence electrons. The van der Waals surface area contributed by atoms with Gasteiger partial charge < -0.3 is 10.0 Å². The fraction of sp³-hybridized carbons (Fsp3) is 0.462. The molecule has 0 amide bonds. The van der Waals surface area contributed by atoms with Crippen molar-refractivity contribution < 1.29 is 9.50 Å². The zero-order chi connectivity index (χ0) is 12.4. The number of rotatable bonds is 2. The summed E-state index contributed by atoms with van der Waals surface area (Å²) in [4.78, 5) is 1.98. The van der Waals surface area contributed by atoms with Crippen LogP contribution in [0.2, 0.25) is 0 Å². The van der Waals surface area contributed by atoms with E-state index in [0.29, 0.717) is 17.2 Å². The van der Waals surface area contributed by atoms with E-state index in [2.05, 4.69) is 6.92 Å². The zero-order valence-electron chi connectivity index (χ0n) is 9.73. The van der Waals surface area contributed by atoms with E-state index >= 15 is 0 Å². The molecule has 0 aromatic heterocycles. The van der Waals surface area contributed by atoms with Crippen LogP contribution in [-0.2, 0) is 0 Å². The maximum absolute atomic E-state index is 13.4. The van der Waals surface area contributed by atoms with Crippen LogP contribution in [0, 0.1) is 23.1 Å². The van der Waals surface area contributed by atoms with E-state index in [4.69, 9.17) is 5.26 Å². The summed E-state index contributed by atoms with van der Waals surface area (Å²) in [5.41, 5.74) is 1.00. The number of aliphatic hydroxyl groups is 1. The molecule has 0 bridgehead atoms. The normalized spacial score (nSPS) is 23.8. The van der Waals surface area contributed by atoms with Crippen molar-refractivity contribution in [1.29, 1.82) is 5.26 Å². The Kier molecular flexibility index (Phi) is 3.30. The number of nitrogens with zero attached hydrogens (tertiary/aromatic N) is 2. The lowest BCUT2D eigenvalue weighted by Gasteiger charge is -2.27. The lowest BCUT2D eigenvalue weighted by atomic mass is 10.0. The highest BCUT2D eigenvalue weighted by Gasteiger charge is 2.30. The van der Waals surface area contributed by atoms with Crippen LogP contribution in [0.1, 0.15) is 18.9 Å². The smallest absolute Gasteiger partial charge is 0.126 e. The second kappa shape index (κ2) is 4.72. The minimum Gasteiger partial charge on any atom is -0.394 e. The molecular formula is C13H15FN2O. The molecule has 2 rings (SSSR count). The number of halogens is 1. The van der Waals surface area contributed by atoms with Crippen LogP contribution in [0.5, 0.6) is 0 Å². The van der Waals surface area contributed by atoms with E-state index in [9.17, 15) is 9.50 Å².